The SMILES string of the molecule is CCCS(=O)(=O)NC1CCN(C(=O)c2ccccc2OC)CC1. The van der Waals surface area contributed by atoms with Crippen LogP contribution in [-0.4, -0.2) is 51.2 Å². The molecule has 0 aromatic heterocycles. The van der Waals surface area contributed by atoms with Crippen molar-refractivity contribution in [1.29, 1.82) is 0 Å². The zero-order valence-electron chi connectivity index (χ0n) is 13.6. The molecule has 1 aliphatic heterocycles. The summed E-state index contributed by atoms with van der Waals surface area (Å²) in [6, 6.07) is 7.05. The first-order chi connectivity index (χ1) is 11.0. The van der Waals surface area contributed by atoms with Gasteiger partial charge in [-0.1, -0.05) is 19.1 Å². The van der Waals surface area contributed by atoms with E-state index in [0.29, 0.717) is 43.7 Å². The number of carbonyl (C=O) groups is 1. The van der Waals surface area contributed by atoms with Gasteiger partial charge < -0.3 is 9.64 Å². The Hall–Kier alpha value is -1.60. The average molecular weight is 340 g/mol. The highest BCUT2D eigenvalue weighted by molar-refractivity contribution is 7.89. The van der Waals surface area contributed by atoms with E-state index in [9.17, 15) is 13.2 Å². The molecule has 1 saturated heterocycles. The van der Waals surface area contributed by atoms with Gasteiger partial charge in [0.05, 0.1) is 18.4 Å². The number of hydrogen-bond acceptors (Lipinski definition) is 4. The number of benzene rings is 1. The van der Waals surface area contributed by atoms with E-state index in [1.807, 2.05) is 13.0 Å². The number of rotatable bonds is 6. The molecule has 1 aliphatic rings. The van der Waals surface area contributed by atoms with Gasteiger partial charge in [0.25, 0.3) is 5.91 Å². The van der Waals surface area contributed by atoms with Crippen LogP contribution in [0, 0.1) is 0 Å². The third-order valence-corrected chi connectivity index (χ3v) is 5.58. The molecule has 0 bridgehead atoms. The zero-order chi connectivity index (χ0) is 16.9. The van der Waals surface area contributed by atoms with Crippen molar-refractivity contribution in [2.24, 2.45) is 0 Å². The van der Waals surface area contributed by atoms with Gasteiger partial charge in [0.2, 0.25) is 10.0 Å². The number of nitrogens with zero attached hydrogens (tertiary/aromatic N) is 1. The van der Waals surface area contributed by atoms with Crippen molar-refractivity contribution >= 4 is 15.9 Å². The van der Waals surface area contributed by atoms with Crippen LogP contribution >= 0.6 is 0 Å². The van der Waals surface area contributed by atoms with Crippen molar-refractivity contribution in [3.63, 3.8) is 0 Å². The molecule has 7 heteroatoms. The minimum absolute atomic E-state index is 0.0719. The number of nitrogens with one attached hydrogen (secondary N) is 1. The Bertz CT molecular complexity index is 637. The molecule has 0 unspecified atom stereocenters. The fourth-order valence-electron chi connectivity index (χ4n) is 2.77. The molecule has 128 valence electrons. The molecule has 1 aromatic rings. The zero-order valence-corrected chi connectivity index (χ0v) is 14.4. The van der Waals surface area contributed by atoms with Gasteiger partial charge in [-0.2, -0.15) is 0 Å². The second-order valence-electron chi connectivity index (χ2n) is 5.70. The van der Waals surface area contributed by atoms with Gasteiger partial charge in [-0.05, 0) is 31.4 Å². The Kier molecular flexibility index (Phi) is 6.01. The van der Waals surface area contributed by atoms with Crippen LogP contribution in [-0.2, 0) is 10.0 Å². The maximum absolute atomic E-state index is 12.6. The molecule has 2 rings (SSSR count). The van der Waals surface area contributed by atoms with Gasteiger partial charge in [-0.3, -0.25) is 4.79 Å². The maximum Gasteiger partial charge on any atom is 0.257 e. The van der Waals surface area contributed by atoms with Crippen LogP contribution in [0.5, 0.6) is 5.75 Å². The summed E-state index contributed by atoms with van der Waals surface area (Å²) in [4.78, 5) is 14.3. The van der Waals surface area contributed by atoms with E-state index in [2.05, 4.69) is 4.72 Å². The van der Waals surface area contributed by atoms with E-state index < -0.39 is 10.0 Å². The highest BCUT2D eigenvalue weighted by Gasteiger charge is 2.27. The lowest BCUT2D eigenvalue weighted by molar-refractivity contribution is 0.0708. The van der Waals surface area contributed by atoms with Crippen LogP contribution in [0.25, 0.3) is 0 Å². The number of amides is 1. The van der Waals surface area contributed by atoms with Crippen LogP contribution in [0.4, 0.5) is 0 Å². The summed E-state index contributed by atoms with van der Waals surface area (Å²) in [7, 11) is -1.66. The smallest absolute Gasteiger partial charge is 0.257 e. The first-order valence-corrected chi connectivity index (χ1v) is 9.54. The first kappa shape index (κ1) is 17.7. The van der Waals surface area contributed by atoms with E-state index >= 15 is 0 Å². The van der Waals surface area contributed by atoms with Crippen molar-refractivity contribution in [1.82, 2.24) is 9.62 Å². The molecule has 23 heavy (non-hydrogen) atoms. The Morgan fingerprint density at radius 1 is 1.30 bits per heavy atom. The first-order valence-electron chi connectivity index (χ1n) is 7.89. The van der Waals surface area contributed by atoms with Gasteiger partial charge in [0.15, 0.2) is 0 Å². The van der Waals surface area contributed by atoms with Gasteiger partial charge in [0, 0.05) is 19.1 Å². The van der Waals surface area contributed by atoms with Crippen LogP contribution in [0.1, 0.15) is 36.5 Å². The number of sulfonamides is 1. The molecule has 0 saturated carbocycles. The molecule has 0 radical (unpaired) electrons. The summed E-state index contributed by atoms with van der Waals surface area (Å²) in [5, 5.41) is 0. The molecule has 6 nitrogen and oxygen atoms in total. The summed E-state index contributed by atoms with van der Waals surface area (Å²) in [5.41, 5.74) is 0.542. The highest BCUT2D eigenvalue weighted by atomic mass is 32.2. The molecule has 0 atom stereocenters. The molecular formula is C16H24N2O4S. The number of piperidine rings is 1. The van der Waals surface area contributed by atoms with Crippen molar-refractivity contribution in [3.05, 3.63) is 29.8 Å². The largest absolute Gasteiger partial charge is 0.496 e. The topological polar surface area (TPSA) is 75.7 Å². The molecule has 1 fully saturated rings. The monoisotopic (exact) mass is 340 g/mol. The van der Waals surface area contributed by atoms with E-state index in [1.165, 1.54) is 0 Å². The fraction of sp³-hybridized carbons (Fsp3) is 0.562. The maximum atomic E-state index is 12.6. The second-order valence-corrected chi connectivity index (χ2v) is 7.58. The minimum atomic E-state index is -3.21. The van der Waals surface area contributed by atoms with Gasteiger partial charge in [0.1, 0.15) is 5.75 Å². The number of ether oxygens (including phenoxy) is 1. The summed E-state index contributed by atoms with van der Waals surface area (Å²) in [5.74, 6) is 0.633. The highest BCUT2D eigenvalue weighted by Crippen LogP contribution is 2.21. The molecule has 1 amide bonds. The molecule has 1 heterocycles. The van der Waals surface area contributed by atoms with Gasteiger partial charge in [-0.25, -0.2) is 13.1 Å². The number of para-hydroxylation sites is 1. The Morgan fingerprint density at radius 3 is 2.57 bits per heavy atom. The molecule has 0 aliphatic carbocycles. The molecule has 1 N–H and O–H groups in total. The Morgan fingerprint density at radius 2 is 1.96 bits per heavy atom. The third kappa shape index (κ3) is 4.68. The predicted molar refractivity (Wildman–Crippen MR) is 89.1 cm³/mol. The number of methoxy groups -OCH3 is 1. The van der Waals surface area contributed by atoms with Crippen molar-refractivity contribution in [3.8, 4) is 5.75 Å². The fourth-order valence-corrected chi connectivity index (χ4v) is 4.17. The van der Waals surface area contributed by atoms with Crippen molar-refractivity contribution in [2.75, 3.05) is 26.0 Å². The van der Waals surface area contributed by atoms with Gasteiger partial charge >= 0.3 is 0 Å². The lowest BCUT2D eigenvalue weighted by atomic mass is 10.0. The normalized spacial score (nSPS) is 16.3. The molecule has 1 aromatic carbocycles. The van der Waals surface area contributed by atoms with E-state index in [1.54, 1.807) is 30.2 Å². The summed E-state index contributed by atoms with van der Waals surface area (Å²) < 4.78 is 31.6. The van der Waals surface area contributed by atoms with Gasteiger partial charge in [-0.15, -0.1) is 0 Å². The van der Waals surface area contributed by atoms with E-state index in [0.717, 1.165) is 0 Å². The standard InChI is InChI=1S/C16H24N2O4S/c1-3-12-23(20,21)17-13-8-10-18(11-9-13)16(19)14-6-4-5-7-15(14)22-2/h4-7,13,17H,3,8-12H2,1-2H3. The Balaban J connectivity index is 1.95. The summed E-state index contributed by atoms with van der Waals surface area (Å²) in [6.45, 7) is 2.92. The molecule has 0 spiro atoms. The van der Waals surface area contributed by atoms with Crippen LogP contribution in [0.2, 0.25) is 0 Å². The lowest BCUT2D eigenvalue weighted by Crippen LogP contribution is -2.47. The van der Waals surface area contributed by atoms with E-state index in [-0.39, 0.29) is 17.7 Å². The number of likely N-dealkylation sites (tertiary alicyclic amines) is 1. The number of hydrogen-bond donors (Lipinski definition) is 1. The van der Waals surface area contributed by atoms with Crippen LogP contribution < -0.4 is 9.46 Å². The minimum Gasteiger partial charge on any atom is -0.496 e. The summed E-state index contributed by atoms with van der Waals surface area (Å²) >= 11 is 0. The third-order valence-electron chi connectivity index (χ3n) is 3.94. The summed E-state index contributed by atoms with van der Waals surface area (Å²) in [6.07, 6.45) is 1.86. The van der Waals surface area contributed by atoms with E-state index in [4.69, 9.17) is 4.74 Å². The second kappa shape index (κ2) is 7.79. The van der Waals surface area contributed by atoms with Crippen molar-refractivity contribution < 1.29 is 17.9 Å². The predicted octanol–water partition coefficient (Wildman–Crippen LogP) is 1.63. The van der Waals surface area contributed by atoms with Crippen LogP contribution in [0.15, 0.2) is 24.3 Å². The quantitative estimate of drug-likeness (QED) is 0.854. The molecular weight excluding hydrogens is 316 g/mol. The Labute approximate surface area is 137 Å². The number of carbonyl (C=O) groups excluding carboxylic acids is 1. The van der Waals surface area contributed by atoms with Crippen LogP contribution in [0.3, 0.4) is 0 Å². The lowest BCUT2D eigenvalue weighted by Gasteiger charge is -2.32. The average Bonchev–Trinajstić information content (AvgIpc) is 2.54. The van der Waals surface area contributed by atoms with Crippen molar-refractivity contribution in [2.45, 2.75) is 32.2 Å².